The molecule has 0 saturated carbocycles. The Kier molecular flexibility index (Phi) is 4.19. The molecular weight excluding hydrogens is 244 g/mol. The van der Waals surface area contributed by atoms with Crippen molar-refractivity contribution in [3.05, 3.63) is 24.3 Å². The van der Waals surface area contributed by atoms with Gasteiger partial charge in [-0.1, -0.05) is 37.3 Å². The average Bonchev–Trinajstić information content (AvgIpc) is 2.77. The van der Waals surface area contributed by atoms with Crippen LogP contribution in [0.25, 0.3) is 10.2 Å². The summed E-state index contributed by atoms with van der Waals surface area (Å²) in [7, 11) is 1.75. The molecule has 2 aromatic rings. The number of thiazole rings is 1. The molecule has 0 aliphatic rings. The first kappa shape index (κ1) is 13.3. The van der Waals surface area contributed by atoms with Crippen molar-refractivity contribution in [2.75, 3.05) is 25.6 Å². The van der Waals surface area contributed by atoms with Crippen molar-refractivity contribution in [2.45, 2.75) is 20.3 Å². The molecule has 0 saturated heterocycles. The van der Waals surface area contributed by atoms with Gasteiger partial charge in [0.25, 0.3) is 0 Å². The SMILES string of the molecule is COCCC(C)(C)CNc1nc2ccccc2s1. The molecule has 0 fully saturated rings. The molecule has 0 radical (unpaired) electrons. The molecule has 1 heterocycles. The van der Waals surface area contributed by atoms with E-state index in [-0.39, 0.29) is 5.41 Å². The second-order valence-corrected chi connectivity index (χ2v) is 6.28. The van der Waals surface area contributed by atoms with Gasteiger partial charge in [0.15, 0.2) is 5.13 Å². The van der Waals surface area contributed by atoms with Crippen LogP contribution in [0.15, 0.2) is 24.3 Å². The van der Waals surface area contributed by atoms with Gasteiger partial charge in [-0.25, -0.2) is 4.98 Å². The average molecular weight is 264 g/mol. The second-order valence-electron chi connectivity index (χ2n) is 5.25. The summed E-state index contributed by atoms with van der Waals surface area (Å²) in [5, 5.41) is 4.44. The zero-order chi connectivity index (χ0) is 13.0. The minimum atomic E-state index is 0.216. The first-order valence-electron chi connectivity index (χ1n) is 6.19. The third kappa shape index (κ3) is 3.43. The fourth-order valence-electron chi connectivity index (χ4n) is 1.73. The molecule has 0 aliphatic heterocycles. The first-order valence-corrected chi connectivity index (χ1v) is 7.01. The first-order chi connectivity index (χ1) is 8.61. The molecule has 0 aliphatic carbocycles. The molecule has 0 atom stereocenters. The molecule has 0 amide bonds. The van der Waals surface area contributed by atoms with E-state index in [4.69, 9.17) is 4.74 Å². The maximum atomic E-state index is 5.14. The highest BCUT2D eigenvalue weighted by Crippen LogP contribution is 2.27. The number of aromatic nitrogens is 1. The van der Waals surface area contributed by atoms with Crippen LogP contribution < -0.4 is 5.32 Å². The Morgan fingerprint density at radius 2 is 2.11 bits per heavy atom. The number of rotatable bonds is 6. The lowest BCUT2D eigenvalue weighted by Gasteiger charge is -2.24. The highest BCUT2D eigenvalue weighted by atomic mass is 32.1. The Hall–Kier alpha value is -1.13. The van der Waals surface area contributed by atoms with Gasteiger partial charge in [-0.05, 0) is 24.0 Å². The fourth-order valence-corrected chi connectivity index (χ4v) is 2.59. The van der Waals surface area contributed by atoms with E-state index in [0.717, 1.165) is 30.2 Å². The van der Waals surface area contributed by atoms with Gasteiger partial charge in [0.05, 0.1) is 10.2 Å². The highest BCUT2D eigenvalue weighted by Gasteiger charge is 2.17. The van der Waals surface area contributed by atoms with Crippen molar-refractivity contribution in [3.63, 3.8) is 0 Å². The minimum Gasteiger partial charge on any atom is -0.385 e. The van der Waals surface area contributed by atoms with Crippen LogP contribution in [0, 0.1) is 5.41 Å². The summed E-state index contributed by atoms with van der Waals surface area (Å²) in [4.78, 5) is 4.57. The lowest BCUT2D eigenvalue weighted by Crippen LogP contribution is -2.24. The van der Waals surface area contributed by atoms with E-state index in [9.17, 15) is 0 Å². The van der Waals surface area contributed by atoms with Gasteiger partial charge in [-0.15, -0.1) is 0 Å². The fraction of sp³-hybridized carbons (Fsp3) is 0.500. The third-order valence-corrected chi connectivity index (χ3v) is 3.99. The minimum absolute atomic E-state index is 0.216. The molecule has 18 heavy (non-hydrogen) atoms. The predicted molar refractivity (Wildman–Crippen MR) is 78.4 cm³/mol. The summed E-state index contributed by atoms with van der Waals surface area (Å²) in [6.45, 7) is 6.20. The summed E-state index contributed by atoms with van der Waals surface area (Å²) in [6.07, 6.45) is 1.04. The Morgan fingerprint density at radius 1 is 1.33 bits per heavy atom. The maximum absolute atomic E-state index is 5.14. The maximum Gasteiger partial charge on any atom is 0.183 e. The zero-order valence-corrected chi connectivity index (χ0v) is 12.0. The Balaban J connectivity index is 1.97. The summed E-state index contributed by atoms with van der Waals surface area (Å²) < 4.78 is 6.37. The number of fused-ring (bicyclic) bond motifs is 1. The number of para-hydroxylation sites is 1. The third-order valence-electron chi connectivity index (χ3n) is 3.00. The van der Waals surface area contributed by atoms with Crippen LogP contribution in [0.2, 0.25) is 0 Å². The van der Waals surface area contributed by atoms with Crippen LogP contribution in [0.3, 0.4) is 0 Å². The van der Waals surface area contributed by atoms with Crippen LogP contribution in [-0.4, -0.2) is 25.2 Å². The van der Waals surface area contributed by atoms with Gasteiger partial charge in [-0.2, -0.15) is 0 Å². The van der Waals surface area contributed by atoms with Gasteiger partial charge in [0.2, 0.25) is 0 Å². The Bertz CT molecular complexity index is 474. The predicted octanol–water partition coefficient (Wildman–Crippen LogP) is 3.77. The molecule has 0 bridgehead atoms. The van der Waals surface area contributed by atoms with Crippen LogP contribution in [0.1, 0.15) is 20.3 Å². The van der Waals surface area contributed by atoms with Crippen LogP contribution >= 0.6 is 11.3 Å². The number of anilines is 1. The van der Waals surface area contributed by atoms with Gasteiger partial charge < -0.3 is 10.1 Å². The zero-order valence-electron chi connectivity index (χ0n) is 11.2. The largest absolute Gasteiger partial charge is 0.385 e. The quantitative estimate of drug-likeness (QED) is 0.862. The molecule has 1 aromatic heterocycles. The number of benzene rings is 1. The highest BCUT2D eigenvalue weighted by molar-refractivity contribution is 7.22. The van der Waals surface area contributed by atoms with E-state index < -0.39 is 0 Å². The molecule has 4 heteroatoms. The van der Waals surface area contributed by atoms with Gasteiger partial charge in [-0.3, -0.25) is 0 Å². The number of hydrogen-bond donors (Lipinski definition) is 1. The summed E-state index contributed by atoms with van der Waals surface area (Å²) >= 11 is 1.71. The summed E-state index contributed by atoms with van der Waals surface area (Å²) in [6, 6.07) is 8.22. The van der Waals surface area contributed by atoms with Gasteiger partial charge in [0, 0.05) is 20.3 Å². The molecule has 3 nitrogen and oxygen atoms in total. The smallest absolute Gasteiger partial charge is 0.183 e. The molecule has 1 N–H and O–H groups in total. The molecule has 0 unspecified atom stereocenters. The molecule has 0 spiro atoms. The van der Waals surface area contributed by atoms with Crippen molar-refractivity contribution in [2.24, 2.45) is 5.41 Å². The number of nitrogens with zero attached hydrogens (tertiary/aromatic N) is 1. The molecule has 2 rings (SSSR count). The lowest BCUT2D eigenvalue weighted by molar-refractivity contribution is 0.157. The van der Waals surface area contributed by atoms with E-state index in [1.807, 2.05) is 18.2 Å². The van der Waals surface area contributed by atoms with Crippen LogP contribution in [0.5, 0.6) is 0 Å². The summed E-state index contributed by atoms with van der Waals surface area (Å²) in [5.41, 5.74) is 1.29. The topological polar surface area (TPSA) is 34.1 Å². The lowest BCUT2D eigenvalue weighted by atomic mass is 9.90. The van der Waals surface area contributed by atoms with Gasteiger partial charge >= 0.3 is 0 Å². The van der Waals surface area contributed by atoms with Crippen molar-refractivity contribution in [3.8, 4) is 0 Å². The number of nitrogens with one attached hydrogen (secondary N) is 1. The Labute approximate surface area is 112 Å². The van der Waals surface area contributed by atoms with Crippen molar-refractivity contribution in [1.82, 2.24) is 4.98 Å². The monoisotopic (exact) mass is 264 g/mol. The van der Waals surface area contributed by atoms with E-state index >= 15 is 0 Å². The normalized spacial score (nSPS) is 11.9. The standard InChI is InChI=1S/C14H20N2OS/c1-14(2,8-9-17-3)10-15-13-16-11-6-4-5-7-12(11)18-13/h4-7H,8-10H2,1-3H3,(H,15,16). The van der Waals surface area contributed by atoms with Gasteiger partial charge in [0.1, 0.15) is 0 Å². The Morgan fingerprint density at radius 3 is 2.83 bits per heavy atom. The number of methoxy groups -OCH3 is 1. The van der Waals surface area contributed by atoms with E-state index in [0.29, 0.717) is 0 Å². The van der Waals surface area contributed by atoms with Crippen molar-refractivity contribution >= 4 is 26.7 Å². The van der Waals surface area contributed by atoms with Crippen LogP contribution in [0.4, 0.5) is 5.13 Å². The molecular formula is C14H20N2OS. The van der Waals surface area contributed by atoms with Crippen molar-refractivity contribution < 1.29 is 4.74 Å². The van der Waals surface area contributed by atoms with Crippen LogP contribution in [-0.2, 0) is 4.74 Å². The number of ether oxygens (including phenoxy) is 1. The summed E-state index contributed by atoms with van der Waals surface area (Å²) in [5.74, 6) is 0. The van der Waals surface area contributed by atoms with E-state index in [1.54, 1.807) is 18.4 Å². The molecule has 98 valence electrons. The number of hydrogen-bond acceptors (Lipinski definition) is 4. The van der Waals surface area contributed by atoms with E-state index in [2.05, 4.69) is 30.2 Å². The molecule has 1 aromatic carbocycles. The second kappa shape index (κ2) is 5.67. The van der Waals surface area contributed by atoms with Crippen molar-refractivity contribution in [1.29, 1.82) is 0 Å². The van der Waals surface area contributed by atoms with E-state index in [1.165, 1.54) is 4.70 Å².